The lowest BCUT2D eigenvalue weighted by molar-refractivity contribution is 0.563. The number of rotatable bonds is 4. The van der Waals surface area contributed by atoms with Gasteiger partial charge in [-0.2, -0.15) is 5.10 Å². The van der Waals surface area contributed by atoms with Gasteiger partial charge in [0, 0.05) is 20.3 Å². The lowest BCUT2D eigenvalue weighted by Crippen LogP contribution is -2.03. The Balaban J connectivity index is 1.57. The highest BCUT2D eigenvalue weighted by atomic mass is 79.9. The van der Waals surface area contributed by atoms with Crippen molar-refractivity contribution in [1.82, 2.24) is 4.98 Å². The van der Waals surface area contributed by atoms with E-state index in [2.05, 4.69) is 31.4 Å². The summed E-state index contributed by atoms with van der Waals surface area (Å²) >= 11 is 10.6. The second-order valence-electron chi connectivity index (χ2n) is 5.59. The highest BCUT2D eigenvalue weighted by Gasteiger charge is 2.11. The first-order valence-electron chi connectivity index (χ1n) is 7.82. The molecule has 0 aliphatic rings. The van der Waals surface area contributed by atoms with E-state index in [0.717, 1.165) is 15.4 Å². The molecule has 2 aromatic heterocycles. The maximum Gasteiger partial charge on any atom is 0.345 e. The molecule has 4 aromatic rings. The van der Waals surface area contributed by atoms with E-state index in [1.54, 1.807) is 35.9 Å². The first-order chi connectivity index (χ1) is 13.1. The molecule has 27 heavy (non-hydrogen) atoms. The number of thiazole rings is 1. The molecule has 0 saturated heterocycles. The monoisotopic (exact) mass is 459 g/mol. The van der Waals surface area contributed by atoms with Gasteiger partial charge >= 0.3 is 5.63 Å². The first-order valence-corrected chi connectivity index (χ1v) is 9.87. The van der Waals surface area contributed by atoms with Crippen LogP contribution >= 0.6 is 38.9 Å². The molecule has 2 aromatic carbocycles. The van der Waals surface area contributed by atoms with Crippen molar-refractivity contribution in [2.45, 2.75) is 0 Å². The summed E-state index contributed by atoms with van der Waals surface area (Å²) in [6, 6.07) is 14.6. The van der Waals surface area contributed by atoms with Crippen molar-refractivity contribution >= 4 is 61.2 Å². The minimum absolute atomic E-state index is 0.409. The fourth-order valence-electron chi connectivity index (χ4n) is 2.43. The number of nitrogens with one attached hydrogen (secondary N) is 1. The normalized spacial score (nSPS) is 11.3. The summed E-state index contributed by atoms with van der Waals surface area (Å²) in [5.41, 5.74) is 4.84. The maximum atomic E-state index is 12.3. The van der Waals surface area contributed by atoms with E-state index in [4.69, 9.17) is 16.0 Å². The second kappa shape index (κ2) is 7.64. The number of benzene rings is 2. The Morgan fingerprint density at radius 3 is 2.81 bits per heavy atom. The molecule has 0 aliphatic carbocycles. The van der Waals surface area contributed by atoms with Crippen molar-refractivity contribution in [3.05, 3.63) is 79.4 Å². The number of nitrogens with zero attached hydrogens (tertiary/aromatic N) is 2. The van der Waals surface area contributed by atoms with Crippen LogP contribution in [0.25, 0.3) is 22.2 Å². The van der Waals surface area contributed by atoms with E-state index in [9.17, 15) is 4.79 Å². The Morgan fingerprint density at radius 1 is 1.19 bits per heavy atom. The van der Waals surface area contributed by atoms with Crippen molar-refractivity contribution in [2.75, 3.05) is 5.43 Å². The van der Waals surface area contributed by atoms with E-state index in [-0.39, 0.29) is 0 Å². The van der Waals surface area contributed by atoms with Crippen LogP contribution in [0.4, 0.5) is 5.13 Å². The Morgan fingerprint density at radius 2 is 2.00 bits per heavy atom. The lowest BCUT2D eigenvalue weighted by Gasteiger charge is -2.00. The van der Waals surface area contributed by atoms with Crippen LogP contribution in [-0.2, 0) is 0 Å². The van der Waals surface area contributed by atoms with Crippen LogP contribution in [0, 0.1) is 0 Å². The van der Waals surface area contributed by atoms with Gasteiger partial charge in [0.1, 0.15) is 5.58 Å². The Kier molecular flexibility index (Phi) is 5.07. The van der Waals surface area contributed by atoms with E-state index < -0.39 is 5.63 Å². The summed E-state index contributed by atoms with van der Waals surface area (Å²) in [6.07, 6.45) is 1.67. The molecular formula is C19H11BrClN3O2S. The molecule has 0 atom stereocenters. The highest BCUT2D eigenvalue weighted by Crippen LogP contribution is 2.26. The average Bonchev–Trinajstić information content (AvgIpc) is 3.12. The molecule has 0 bridgehead atoms. The van der Waals surface area contributed by atoms with Gasteiger partial charge in [-0.25, -0.2) is 9.78 Å². The summed E-state index contributed by atoms with van der Waals surface area (Å²) in [6.45, 7) is 0. The van der Waals surface area contributed by atoms with E-state index in [1.165, 1.54) is 11.3 Å². The van der Waals surface area contributed by atoms with Crippen LogP contribution in [0.2, 0.25) is 5.02 Å². The minimum atomic E-state index is -0.425. The van der Waals surface area contributed by atoms with Crippen LogP contribution in [0.15, 0.2) is 72.7 Å². The predicted molar refractivity (Wildman–Crippen MR) is 114 cm³/mol. The van der Waals surface area contributed by atoms with E-state index >= 15 is 0 Å². The fourth-order valence-corrected chi connectivity index (χ4v) is 3.60. The standard InChI is InChI=1S/C19H11BrClN3O2S/c20-13-3-6-17-12(7-13)8-15(18(25)26-17)16-10-27-19(23-16)24-22-9-11-1-4-14(21)5-2-11/h1-10H,(H,23,24)/b22-9+. The van der Waals surface area contributed by atoms with Crippen molar-refractivity contribution in [2.24, 2.45) is 5.10 Å². The fraction of sp³-hybridized carbons (Fsp3) is 0. The number of aromatic nitrogens is 1. The Labute approximate surface area is 171 Å². The number of anilines is 1. The number of hydrogen-bond acceptors (Lipinski definition) is 6. The van der Waals surface area contributed by atoms with Gasteiger partial charge in [0.15, 0.2) is 0 Å². The third-order valence-corrected chi connectivity index (χ3v) is 5.21. The molecule has 0 amide bonds. The molecule has 0 spiro atoms. The molecule has 0 aliphatic heterocycles. The van der Waals surface area contributed by atoms with Gasteiger partial charge in [-0.1, -0.05) is 39.7 Å². The van der Waals surface area contributed by atoms with Crippen molar-refractivity contribution in [1.29, 1.82) is 0 Å². The molecule has 0 unspecified atom stereocenters. The van der Waals surface area contributed by atoms with Crippen LogP contribution in [-0.4, -0.2) is 11.2 Å². The topological polar surface area (TPSA) is 67.5 Å². The van der Waals surface area contributed by atoms with Crippen molar-refractivity contribution in [3.63, 3.8) is 0 Å². The van der Waals surface area contributed by atoms with Crippen LogP contribution in [0.3, 0.4) is 0 Å². The molecule has 4 rings (SSSR count). The minimum Gasteiger partial charge on any atom is -0.422 e. The third-order valence-electron chi connectivity index (χ3n) is 3.72. The number of fused-ring (bicyclic) bond motifs is 1. The van der Waals surface area contributed by atoms with Crippen molar-refractivity contribution < 1.29 is 4.42 Å². The molecule has 5 nitrogen and oxygen atoms in total. The summed E-state index contributed by atoms with van der Waals surface area (Å²) in [4.78, 5) is 16.7. The van der Waals surface area contributed by atoms with Crippen LogP contribution < -0.4 is 11.1 Å². The van der Waals surface area contributed by atoms with Gasteiger partial charge in [0.2, 0.25) is 5.13 Å². The van der Waals surface area contributed by atoms with E-state index in [1.807, 2.05) is 24.3 Å². The van der Waals surface area contributed by atoms with Crippen LogP contribution in [0.1, 0.15) is 5.56 Å². The van der Waals surface area contributed by atoms with E-state index in [0.29, 0.717) is 27.0 Å². The molecule has 1 N–H and O–H groups in total. The summed E-state index contributed by atoms with van der Waals surface area (Å²) in [7, 11) is 0. The first kappa shape index (κ1) is 17.9. The second-order valence-corrected chi connectivity index (χ2v) is 7.80. The lowest BCUT2D eigenvalue weighted by atomic mass is 10.1. The molecule has 8 heteroatoms. The van der Waals surface area contributed by atoms with Gasteiger partial charge < -0.3 is 4.42 Å². The van der Waals surface area contributed by atoms with Crippen LogP contribution in [0.5, 0.6) is 0 Å². The Bertz CT molecular complexity index is 1200. The molecule has 0 saturated carbocycles. The van der Waals surface area contributed by atoms with Gasteiger partial charge in [0.05, 0.1) is 17.5 Å². The maximum absolute atomic E-state index is 12.3. The largest absolute Gasteiger partial charge is 0.422 e. The number of halogens is 2. The molecular weight excluding hydrogens is 450 g/mol. The zero-order chi connectivity index (χ0) is 18.8. The quantitative estimate of drug-likeness (QED) is 0.238. The van der Waals surface area contributed by atoms with Gasteiger partial charge in [-0.15, -0.1) is 11.3 Å². The van der Waals surface area contributed by atoms with Gasteiger partial charge in [-0.3, -0.25) is 5.43 Å². The third kappa shape index (κ3) is 4.10. The zero-order valence-corrected chi connectivity index (χ0v) is 16.8. The van der Waals surface area contributed by atoms with Gasteiger partial charge in [0.25, 0.3) is 0 Å². The van der Waals surface area contributed by atoms with Crippen molar-refractivity contribution in [3.8, 4) is 11.3 Å². The molecule has 0 radical (unpaired) electrons. The Hall–Kier alpha value is -2.48. The smallest absolute Gasteiger partial charge is 0.345 e. The summed E-state index contributed by atoms with van der Waals surface area (Å²) in [5.74, 6) is 0. The average molecular weight is 461 g/mol. The zero-order valence-electron chi connectivity index (χ0n) is 13.6. The molecule has 134 valence electrons. The molecule has 0 fully saturated rings. The summed E-state index contributed by atoms with van der Waals surface area (Å²) in [5, 5.41) is 8.01. The van der Waals surface area contributed by atoms with Gasteiger partial charge in [-0.05, 0) is 42.0 Å². The predicted octanol–water partition coefficient (Wildman–Crippen LogP) is 5.78. The number of hydrazone groups is 1. The molecule has 2 heterocycles. The number of hydrogen-bond donors (Lipinski definition) is 1. The SMILES string of the molecule is O=c1oc2ccc(Br)cc2cc1-c1csc(N/N=C/c2ccc(Cl)cc2)n1. The summed E-state index contributed by atoms with van der Waals surface area (Å²) < 4.78 is 6.30. The highest BCUT2D eigenvalue weighted by molar-refractivity contribution is 9.10.